The van der Waals surface area contributed by atoms with Crippen LogP contribution in [0.4, 0.5) is 5.69 Å². The van der Waals surface area contributed by atoms with Crippen molar-refractivity contribution in [1.82, 2.24) is 0 Å². The van der Waals surface area contributed by atoms with E-state index in [1.165, 1.54) is 17.8 Å². The second-order valence-corrected chi connectivity index (χ2v) is 5.98. The molecule has 3 rings (SSSR count). The number of nitro groups is 1. The number of benzene rings is 2. The molecule has 0 spiro atoms. The minimum atomic E-state index is -0.488. The summed E-state index contributed by atoms with van der Waals surface area (Å²) in [5.41, 5.74) is 0.187. The Balaban J connectivity index is 1.91. The molecule has 0 unspecified atom stereocenters. The molecule has 118 valence electrons. The van der Waals surface area contributed by atoms with Crippen LogP contribution in [0.1, 0.15) is 16.8 Å². The summed E-state index contributed by atoms with van der Waals surface area (Å²) in [6.45, 7) is 1.19. The predicted molar refractivity (Wildman–Crippen MR) is 84.7 cm³/mol. The van der Waals surface area contributed by atoms with E-state index in [0.29, 0.717) is 35.9 Å². The zero-order valence-electron chi connectivity index (χ0n) is 12.1. The minimum absolute atomic E-state index is 0.0910. The van der Waals surface area contributed by atoms with Gasteiger partial charge in [-0.05, 0) is 24.3 Å². The lowest BCUT2D eigenvalue weighted by Gasteiger charge is -2.09. The first-order chi connectivity index (χ1) is 11.2. The molecule has 2 aromatic carbocycles. The molecule has 0 radical (unpaired) electrons. The monoisotopic (exact) mass is 331 g/mol. The van der Waals surface area contributed by atoms with Gasteiger partial charge in [0.05, 0.1) is 23.0 Å². The fourth-order valence-electron chi connectivity index (χ4n) is 2.17. The number of ether oxygens (including phenoxy) is 2. The van der Waals surface area contributed by atoms with Gasteiger partial charge >= 0.3 is 0 Å². The largest absolute Gasteiger partial charge is 0.490 e. The van der Waals surface area contributed by atoms with Gasteiger partial charge in [0.15, 0.2) is 11.5 Å². The maximum absolute atomic E-state index is 11.2. The highest BCUT2D eigenvalue weighted by Crippen LogP contribution is 2.39. The molecule has 0 atom stereocenters. The van der Waals surface area contributed by atoms with Crippen LogP contribution in [0, 0.1) is 10.1 Å². The molecule has 0 fully saturated rings. The number of aldehydes is 1. The first-order valence-corrected chi connectivity index (χ1v) is 7.80. The summed E-state index contributed by atoms with van der Waals surface area (Å²) in [5.74, 6) is 1.32. The van der Waals surface area contributed by atoms with Gasteiger partial charge in [-0.25, -0.2) is 0 Å². The van der Waals surface area contributed by atoms with Crippen LogP contribution < -0.4 is 9.47 Å². The van der Waals surface area contributed by atoms with Crippen molar-refractivity contribution in [3.8, 4) is 11.5 Å². The highest BCUT2D eigenvalue weighted by Gasteiger charge is 2.17. The van der Waals surface area contributed by atoms with Crippen molar-refractivity contribution in [2.75, 3.05) is 13.2 Å². The number of fused-ring (bicyclic) bond motifs is 1. The Morgan fingerprint density at radius 1 is 1.09 bits per heavy atom. The highest BCUT2D eigenvalue weighted by atomic mass is 32.2. The average Bonchev–Trinajstić information content (AvgIpc) is 2.80. The van der Waals surface area contributed by atoms with Crippen molar-refractivity contribution in [3.05, 3.63) is 52.1 Å². The summed E-state index contributed by atoms with van der Waals surface area (Å²) >= 11 is 1.25. The Morgan fingerprint density at radius 3 is 2.61 bits per heavy atom. The van der Waals surface area contributed by atoms with E-state index in [-0.39, 0.29) is 11.3 Å². The molecule has 6 nitrogen and oxygen atoms in total. The first kappa shape index (κ1) is 15.4. The third-order valence-electron chi connectivity index (χ3n) is 3.26. The number of nitro benzene ring substituents is 1. The van der Waals surface area contributed by atoms with E-state index in [2.05, 4.69) is 0 Å². The number of carbonyl (C=O) groups excluding carboxylic acids is 1. The topological polar surface area (TPSA) is 78.7 Å². The van der Waals surface area contributed by atoms with E-state index >= 15 is 0 Å². The molecule has 1 heterocycles. The van der Waals surface area contributed by atoms with Gasteiger partial charge < -0.3 is 9.47 Å². The quantitative estimate of drug-likeness (QED) is 0.483. The van der Waals surface area contributed by atoms with E-state index in [1.807, 2.05) is 12.1 Å². The van der Waals surface area contributed by atoms with Crippen LogP contribution in [0.15, 0.2) is 46.2 Å². The maximum atomic E-state index is 11.2. The van der Waals surface area contributed by atoms with Crippen LogP contribution >= 0.6 is 11.8 Å². The summed E-state index contributed by atoms with van der Waals surface area (Å²) in [5, 5.41) is 11.2. The molecular weight excluding hydrogens is 318 g/mol. The van der Waals surface area contributed by atoms with Gasteiger partial charge in [0.25, 0.3) is 5.69 Å². The smallest absolute Gasteiger partial charge is 0.283 e. The van der Waals surface area contributed by atoms with Crippen LogP contribution in [-0.4, -0.2) is 24.4 Å². The summed E-state index contributed by atoms with van der Waals surface area (Å²) in [6.07, 6.45) is 1.41. The fraction of sp³-hybridized carbons (Fsp3) is 0.188. The lowest BCUT2D eigenvalue weighted by atomic mass is 10.2. The Bertz CT molecular complexity index is 762. The highest BCUT2D eigenvalue weighted by molar-refractivity contribution is 7.99. The number of rotatable bonds is 4. The lowest BCUT2D eigenvalue weighted by Crippen LogP contribution is -1.97. The van der Waals surface area contributed by atoms with Crippen LogP contribution in [0.25, 0.3) is 0 Å². The molecular formula is C16H13NO5S. The second-order valence-electron chi connectivity index (χ2n) is 4.86. The molecule has 0 bridgehead atoms. The standard InChI is InChI=1S/C16H13NO5S/c18-10-11-2-5-16(13(8-11)17(19)20)23-12-3-4-14-15(9-12)22-7-1-6-21-14/h2-5,8-10H,1,6-7H2. The molecule has 0 N–H and O–H groups in total. The van der Waals surface area contributed by atoms with Gasteiger partial charge in [-0.15, -0.1) is 0 Å². The van der Waals surface area contributed by atoms with Crippen molar-refractivity contribution in [2.45, 2.75) is 16.2 Å². The predicted octanol–water partition coefficient (Wildman–Crippen LogP) is 3.72. The molecule has 0 saturated heterocycles. The van der Waals surface area contributed by atoms with Crippen LogP contribution in [0.3, 0.4) is 0 Å². The third kappa shape index (κ3) is 3.45. The summed E-state index contributed by atoms with van der Waals surface area (Å²) < 4.78 is 11.2. The fourth-order valence-corrected chi connectivity index (χ4v) is 3.10. The van der Waals surface area contributed by atoms with Gasteiger partial charge in [0, 0.05) is 22.9 Å². The minimum Gasteiger partial charge on any atom is -0.490 e. The van der Waals surface area contributed by atoms with Crippen molar-refractivity contribution >= 4 is 23.7 Å². The molecule has 0 aliphatic carbocycles. The molecule has 7 heteroatoms. The zero-order chi connectivity index (χ0) is 16.2. The van der Waals surface area contributed by atoms with Gasteiger partial charge in [-0.2, -0.15) is 0 Å². The Hall–Kier alpha value is -2.54. The van der Waals surface area contributed by atoms with Crippen molar-refractivity contribution in [2.24, 2.45) is 0 Å². The molecule has 0 saturated carbocycles. The molecule has 0 aromatic heterocycles. The number of nitrogens with zero attached hydrogens (tertiary/aromatic N) is 1. The molecule has 2 aromatic rings. The third-order valence-corrected chi connectivity index (χ3v) is 4.32. The van der Waals surface area contributed by atoms with Crippen molar-refractivity contribution < 1.29 is 19.2 Å². The second kappa shape index (κ2) is 6.70. The summed E-state index contributed by atoms with van der Waals surface area (Å²) in [6, 6.07) is 9.85. The molecule has 1 aliphatic rings. The van der Waals surface area contributed by atoms with Crippen LogP contribution in [0.2, 0.25) is 0 Å². The van der Waals surface area contributed by atoms with E-state index < -0.39 is 4.92 Å². The Morgan fingerprint density at radius 2 is 1.87 bits per heavy atom. The van der Waals surface area contributed by atoms with Crippen molar-refractivity contribution in [3.63, 3.8) is 0 Å². The van der Waals surface area contributed by atoms with Crippen LogP contribution in [-0.2, 0) is 0 Å². The van der Waals surface area contributed by atoms with Gasteiger partial charge in [-0.3, -0.25) is 14.9 Å². The molecule has 0 amide bonds. The number of hydrogen-bond acceptors (Lipinski definition) is 6. The summed E-state index contributed by atoms with van der Waals surface area (Å²) in [4.78, 5) is 22.8. The SMILES string of the molecule is O=Cc1ccc(Sc2ccc3c(c2)OCCCO3)c([N+](=O)[O-])c1. The average molecular weight is 331 g/mol. The zero-order valence-corrected chi connectivity index (χ0v) is 12.9. The number of hydrogen-bond donors (Lipinski definition) is 0. The van der Waals surface area contributed by atoms with E-state index in [9.17, 15) is 14.9 Å². The summed E-state index contributed by atoms with van der Waals surface area (Å²) in [7, 11) is 0. The van der Waals surface area contributed by atoms with E-state index in [0.717, 1.165) is 11.3 Å². The normalized spacial score (nSPS) is 13.2. The van der Waals surface area contributed by atoms with E-state index in [1.54, 1.807) is 18.2 Å². The Kier molecular flexibility index (Phi) is 4.47. The van der Waals surface area contributed by atoms with Gasteiger partial charge in [-0.1, -0.05) is 17.8 Å². The maximum Gasteiger partial charge on any atom is 0.283 e. The lowest BCUT2D eigenvalue weighted by molar-refractivity contribution is -0.387. The Labute approximate surface area is 136 Å². The molecule has 1 aliphatic heterocycles. The van der Waals surface area contributed by atoms with E-state index in [4.69, 9.17) is 9.47 Å². The van der Waals surface area contributed by atoms with Gasteiger partial charge in [0.1, 0.15) is 6.29 Å². The number of carbonyl (C=O) groups is 1. The van der Waals surface area contributed by atoms with Crippen molar-refractivity contribution in [1.29, 1.82) is 0 Å². The van der Waals surface area contributed by atoms with Gasteiger partial charge in [0.2, 0.25) is 0 Å². The molecule has 23 heavy (non-hydrogen) atoms. The van der Waals surface area contributed by atoms with Crippen LogP contribution in [0.5, 0.6) is 11.5 Å². The first-order valence-electron chi connectivity index (χ1n) is 6.98.